The van der Waals surface area contributed by atoms with Gasteiger partial charge in [0.25, 0.3) is 0 Å². The first-order chi connectivity index (χ1) is 8.58. The van der Waals surface area contributed by atoms with Crippen molar-refractivity contribution in [2.45, 2.75) is 13.8 Å². The van der Waals surface area contributed by atoms with Gasteiger partial charge in [-0.05, 0) is 37.6 Å². The maximum Gasteiger partial charge on any atom is 0.358 e. The number of aromatic nitrogens is 1. The molecule has 0 amide bonds. The average molecular weight is 243 g/mol. The summed E-state index contributed by atoms with van der Waals surface area (Å²) in [5, 5.41) is 9.01. The second-order valence-corrected chi connectivity index (χ2v) is 4.03. The quantitative estimate of drug-likeness (QED) is 0.899. The van der Waals surface area contributed by atoms with Crippen molar-refractivity contribution in [3.63, 3.8) is 0 Å². The van der Waals surface area contributed by atoms with Crippen molar-refractivity contribution in [1.29, 1.82) is 0 Å². The highest BCUT2D eigenvalue weighted by Gasteiger charge is 2.13. The number of hydrogen-bond acceptors (Lipinski definition) is 3. The molecular weight excluding hydrogens is 230 g/mol. The maximum atomic E-state index is 11.0. The number of benzene rings is 1. The Labute approximate surface area is 105 Å². The molecule has 92 valence electrons. The Morgan fingerprint density at radius 1 is 1.22 bits per heavy atom. The number of carboxylic acids is 1. The van der Waals surface area contributed by atoms with E-state index in [1.165, 1.54) is 6.20 Å². The lowest BCUT2D eigenvalue weighted by molar-refractivity contribution is 0.0687. The minimum absolute atomic E-state index is 0.0857. The molecule has 0 saturated carbocycles. The highest BCUT2D eigenvalue weighted by Crippen LogP contribution is 2.27. The van der Waals surface area contributed by atoms with E-state index in [0.717, 1.165) is 11.1 Å². The number of rotatable bonds is 3. The van der Waals surface area contributed by atoms with Gasteiger partial charge in [-0.1, -0.05) is 17.7 Å². The Kier molecular flexibility index (Phi) is 3.28. The predicted octanol–water partition coefficient (Wildman–Crippen LogP) is 3.19. The molecule has 0 bridgehead atoms. The van der Waals surface area contributed by atoms with E-state index < -0.39 is 5.97 Å². The fourth-order valence-corrected chi connectivity index (χ4v) is 1.67. The molecule has 0 aliphatic rings. The van der Waals surface area contributed by atoms with E-state index in [1.807, 2.05) is 32.0 Å². The van der Waals surface area contributed by atoms with Gasteiger partial charge < -0.3 is 9.84 Å². The van der Waals surface area contributed by atoms with Crippen LogP contribution in [0.2, 0.25) is 0 Å². The molecule has 4 nitrogen and oxygen atoms in total. The number of hydrogen-bond donors (Lipinski definition) is 1. The van der Waals surface area contributed by atoms with E-state index in [2.05, 4.69) is 4.98 Å². The number of ether oxygens (including phenoxy) is 1. The van der Waals surface area contributed by atoms with Gasteiger partial charge in [0.2, 0.25) is 0 Å². The summed E-state index contributed by atoms with van der Waals surface area (Å²) in [4.78, 5) is 14.8. The van der Waals surface area contributed by atoms with Crippen LogP contribution in [0.4, 0.5) is 0 Å². The first kappa shape index (κ1) is 12.1. The molecule has 18 heavy (non-hydrogen) atoms. The molecular formula is C14H13NO3. The number of carboxylic acid groups (broad SMARTS) is 1. The normalized spacial score (nSPS) is 10.1. The van der Waals surface area contributed by atoms with Gasteiger partial charge in [0, 0.05) is 6.20 Å². The van der Waals surface area contributed by atoms with Gasteiger partial charge in [0.1, 0.15) is 5.75 Å². The summed E-state index contributed by atoms with van der Waals surface area (Å²) in [6.07, 6.45) is 1.43. The predicted molar refractivity (Wildman–Crippen MR) is 67.2 cm³/mol. The molecule has 0 radical (unpaired) electrons. The summed E-state index contributed by atoms with van der Waals surface area (Å²) in [7, 11) is 0. The zero-order valence-electron chi connectivity index (χ0n) is 10.2. The molecule has 0 spiro atoms. The molecule has 0 aliphatic heterocycles. The maximum absolute atomic E-state index is 11.0. The molecule has 0 aliphatic carbocycles. The van der Waals surface area contributed by atoms with Gasteiger partial charge in [-0.2, -0.15) is 0 Å². The van der Waals surface area contributed by atoms with E-state index >= 15 is 0 Å². The van der Waals surface area contributed by atoms with Crippen molar-refractivity contribution in [3.05, 3.63) is 53.3 Å². The highest BCUT2D eigenvalue weighted by atomic mass is 16.5. The lowest BCUT2D eigenvalue weighted by atomic mass is 10.1. The second-order valence-electron chi connectivity index (χ2n) is 4.03. The average Bonchev–Trinajstić information content (AvgIpc) is 2.33. The lowest BCUT2D eigenvalue weighted by Gasteiger charge is -2.10. The van der Waals surface area contributed by atoms with Crippen LogP contribution in [0.5, 0.6) is 11.5 Å². The van der Waals surface area contributed by atoms with Gasteiger partial charge in [0.15, 0.2) is 11.4 Å². The summed E-state index contributed by atoms with van der Waals surface area (Å²) in [5.41, 5.74) is 2.00. The highest BCUT2D eigenvalue weighted by molar-refractivity contribution is 5.88. The topological polar surface area (TPSA) is 59.4 Å². The summed E-state index contributed by atoms with van der Waals surface area (Å²) in [5.74, 6) is -0.219. The molecule has 2 aromatic rings. The molecule has 0 saturated heterocycles. The van der Waals surface area contributed by atoms with Crippen molar-refractivity contribution >= 4 is 5.97 Å². The standard InChI is InChI=1S/C14H13NO3/c1-9-5-6-11(10(2)8-9)18-12-4-3-7-15-13(12)14(16)17/h3-8H,1-2H3,(H,16,17). The zero-order valence-corrected chi connectivity index (χ0v) is 10.2. The van der Waals surface area contributed by atoms with E-state index in [1.54, 1.807) is 12.1 Å². The van der Waals surface area contributed by atoms with Crippen molar-refractivity contribution < 1.29 is 14.6 Å². The van der Waals surface area contributed by atoms with Crippen LogP contribution in [0.1, 0.15) is 21.6 Å². The smallest absolute Gasteiger partial charge is 0.358 e. The van der Waals surface area contributed by atoms with E-state index in [-0.39, 0.29) is 11.4 Å². The van der Waals surface area contributed by atoms with Gasteiger partial charge in [0.05, 0.1) is 0 Å². The van der Waals surface area contributed by atoms with Crippen LogP contribution < -0.4 is 4.74 Å². The molecule has 2 rings (SSSR count). The van der Waals surface area contributed by atoms with Crippen LogP contribution >= 0.6 is 0 Å². The Balaban J connectivity index is 2.37. The Hall–Kier alpha value is -2.36. The molecule has 1 aromatic heterocycles. The largest absolute Gasteiger partial charge is 0.476 e. The summed E-state index contributed by atoms with van der Waals surface area (Å²) in [6.45, 7) is 3.91. The number of aryl methyl sites for hydroxylation is 2. The molecule has 1 aromatic carbocycles. The zero-order chi connectivity index (χ0) is 13.1. The van der Waals surface area contributed by atoms with E-state index in [0.29, 0.717) is 5.75 Å². The minimum Gasteiger partial charge on any atom is -0.476 e. The molecule has 0 atom stereocenters. The van der Waals surface area contributed by atoms with Crippen LogP contribution in [-0.4, -0.2) is 16.1 Å². The fraction of sp³-hybridized carbons (Fsp3) is 0.143. The Morgan fingerprint density at radius 2 is 2.00 bits per heavy atom. The van der Waals surface area contributed by atoms with Crippen molar-refractivity contribution in [1.82, 2.24) is 4.98 Å². The van der Waals surface area contributed by atoms with Crippen LogP contribution in [-0.2, 0) is 0 Å². The van der Waals surface area contributed by atoms with Crippen LogP contribution in [0, 0.1) is 13.8 Å². The third kappa shape index (κ3) is 2.48. The van der Waals surface area contributed by atoms with Gasteiger partial charge in [-0.3, -0.25) is 0 Å². The first-order valence-electron chi connectivity index (χ1n) is 5.51. The second kappa shape index (κ2) is 4.87. The molecule has 1 heterocycles. The van der Waals surface area contributed by atoms with E-state index in [4.69, 9.17) is 9.84 Å². The van der Waals surface area contributed by atoms with Crippen molar-refractivity contribution in [2.24, 2.45) is 0 Å². The van der Waals surface area contributed by atoms with E-state index in [9.17, 15) is 4.79 Å². The molecule has 0 unspecified atom stereocenters. The monoisotopic (exact) mass is 243 g/mol. The summed E-state index contributed by atoms with van der Waals surface area (Å²) in [6, 6.07) is 8.95. The Bertz CT molecular complexity index is 593. The van der Waals surface area contributed by atoms with Gasteiger partial charge >= 0.3 is 5.97 Å². The summed E-state index contributed by atoms with van der Waals surface area (Å²) >= 11 is 0. The van der Waals surface area contributed by atoms with Gasteiger partial charge in [-0.15, -0.1) is 0 Å². The lowest BCUT2D eigenvalue weighted by Crippen LogP contribution is -2.03. The van der Waals surface area contributed by atoms with Crippen LogP contribution in [0.3, 0.4) is 0 Å². The number of carbonyl (C=O) groups is 1. The third-order valence-electron chi connectivity index (χ3n) is 2.52. The molecule has 1 N–H and O–H groups in total. The molecule has 4 heteroatoms. The van der Waals surface area contributed by atoms with Crippen molar-refractivity contribution in [2.75, 3.05) is 0 Å². The number of aromatic carboxylic acids is 1. The fourth-order valence-electron chi connectivity index (χ4n) is 1.67. The Morgan fingerprint density at radius 3 is 2.67 bits per heavy atom. The number of nitrogens with zero attached hydrogens (tertiary/aromatic N) is 1. The van der Waals surface area contributed by atoms with Crippen LogP contribution in [0.25, 0.3) is 0 Å². The summed E-state index contributed by atoms with van der Waals surface area (Å²) < 4.78 is 5.61. The van der Waals surface area contributed by atoms with Crippen LogP contribution in [0.15, 0.2) is 36.5 Å². The third-order valence-corrected chi connectivity index (χ3v) is 2.52. The van der Waals surface area contributed by atoms with Gasteiger partial charge in [-0.25, -0.2) is 9.78 Å². The first-order valence-corrected chi connectivity index (χ1v) is 5.51. The molecule has 0 fully saturated rings. The SMILES string of the molecule is Cc1ccc(Oc2cccnc2C(=O)O)c(C)c1. The van der Waals surface area contributed by atoms with Crippen molar-refractivity contribution in [3.8, 4) is 11.5 Å². The number of pyridine rings is 1. The minimum atomic E-state index is -1.10.